The number of carbonyl (C=O) groups excluding carboxylic acids is 1. The molecule has 1 heterocycles. The summed E-state index contributed by atoms with van der Waals surface area (Å²) < 4.78 is 45.9. The van der Waals surface area contributed by atoms with Crippen LogP contribution in [0.25, 0.3) is 11.5 Å². The molecule has 1 fully saturated rings. The Balaban J connectivity index is 1.37. The van der Waals surface area contributed by atoms with E-state index in [0.717, 1.165) is 0 Å². The van der Waals surface area contributed by atoms with E-state index in [1.807, 2.05) is 0 Å². The Morgan fingerprint density at radius 2 is 1.89 bits per heavy atom. The Kier molecular flexibility index (Phi) is 4.39. The summed E-state index contributed by atoms with van der Waals surface area (Å²) in [5, 5.41) is 6.37. The number of rotatable bonds is 5. The Labute approximate surface area is 152 Å². The highest BCUT2D eigenvalue weighted by atomic mass is 19.1. The maximum absolute atomic E-state index is 13.8. The average molecular weight is 373 g/mol. The van der Waals surface area contributed by atoms with Crippen LogP contribution in [-0.4, -0.2) is 16.0 Å². The van der Waals surface area contributed by atoms with Crippen LogP contribution in [0.1, 0.15) is 23.7 Å². The molecular weight excluding hydrogens is 359 g/mol. The van der Waals surface area contributed by atoms with Gasteiger partial charge >= 0.3 is 0 Å². The minimum atomic E-state index is -0.645. The lowest BCUT2D eigenvalue weighted by Crippen LogP contribution is -2.25. The molecule has 1 aromatic heterocycles. The predicted molar refractivity (Wildman–Crippen MR) is 88.7 cm³/mol. The third-order valence-electron chi connectivity index (χ3n) is 4.46. The van der Waals surface area contributed by atoms with E-state index < -0.39 is 29.3 Å². The third kappa shape index (κ3) is 3.55. The van der Waals surface area contributed by atoms with Crippen LogP contribution in [0.4, 0.5) is 13.2 Å². The van der Waals surface area contributed by atoms with Crippen LogP contribution in [0.5, 0.6) is 0 Å². The molecule has 1 aliphatic carbocycles. The standard InChI is InChI=1S/C19H14F3N3O2/c20-11-4-1-3-10(7-11)19-24-16(25-27-19)9-23-18(26)13-8-12(13)17-14(21)5-2-6-15(17)22/h1-7,12-13H,8-9H2,(H,23,26). The van der Waals surface area contributed by atoms with Crippen LogP contribution in [-0.2, 0) is 11.3 Å². The number of carbonyl (C=O) groups is 1. The zero-order valence-electron chi connectivity index (χ0n) is 14.0. The minimum absolute atomic E-state index is 0.000618. The number of nitrogens with zero attached hydrogens (tertiary/aromatic N) is 2. The Morgan fingerprint density at radius 1 is 1.15 bits per heavy atom. The number of amides is 1. The summed E-state index contributed by atoms with van der Waals surface area (Å²) in [4.78, 5) is 16.3. The van der Waals surface area contributed by atoms with E-state index >= 15 is 0 Å². The Hall–Kier alpha value is -3.16. The van der Waals surface area contributed by atoms with Crippen molar-refractivity contribution in [3.63, 3.8) is 0 Å². The molecular formula is C19H14F3N3O2. The first-order chi connectivity index (χ1) is 13.0. The number of halogens is 3. The van der Waals surface area contributed by atoms with Crippen LogP contribution in [0.2, 0.25) is 0 Å². The molecule has 3 aromatic rings. The van der Waals surface area contributed by atoms with E-state index in [1.54, 1.807) is 6.07 Å². The normalized spacial score (nSPS) is 18.3. The smallest absolute Gasteiger partial charge is 0.258 e. The van der Waals surface area contributed by atoms with Crippen LogP contribution >= 0.6 is 0 Å². The summed E-state index contributed by atoms with van der Waals surface area (Å²) >= 11 is 0. The molecule has 1 amide bonds. The summed E-state index contributed by atoms with van der Waals surface area (Å²) in [6, 6.07) is 9.34. The second-order valence-corrected chi connectivity index (χ2v) is 6.33. The van der Waals surface area contributed by atoms with Gasteiger partial charge in [-0.05, 0) is 36.8 Å². The zero-order chi connectivity index (χ0) is 19.0. The van der Waals surface area contributed by atoms with Gasteiger partial charge in [0.15, 0.2) is 5.82 Å². The van der Waals surface area contributed by atoms with Gasteiger partial charge in [0.05, 0.1) is 6.54 Å². The van der Waals surface area contributed by atoms with Gasteiger partial charge in [0.2, 0.25) is 5.91 Å². The van der Waals surface area contributed by atoms with E-state index in [9.17, 15) is 18.0 Å². The molecule has 0 bridgehead atoms. The molecule has 0 saturated heterocycles. The largest absolute Gasteiger partial charge is 0.348 e. The first kappa shape index (κ1) is 17.3. The maximum atomic E-state index is 13.8. The van der Waals surface area contributed by atoms with Gasteiger partial charge < -0.3 is 9.84 Å². The molecule has 27 heavy (non-hydrogen) atoms. The lowest BCUT2D eigenvalue weighted by Gasteiger charge is -2.04. The summed E-state index contributed by atoms with van der Waals surface area (Å²) in [6.07, 6.45) is 0.379. The van der Waals surface area contributed by atoms with Crippen molar-refractivity contribution < 1.29 is 22.5 Å². The molecule has 1 N–H and O–H groups in total. The van der Waals surface area contributed by atoms with Crippen molar-refractivity contribution in [3.8, 4) is 11.5 Å². The van der Waals surface area contributed by atoms with Crippen LogP contribution < -0.4 is 5.32 Å². The zero-order valence-corrected chi connectivity index (χ0v) is 14.0. The van der Waals surface area contributed by atoms with Crippen molar-refractivity contribution in [1.29, 1.82) is 0 Å². The van der Waals surface area contributed by atoms with Crippen molar-refractivity contribution in [1.82, 2.24) is 15.5 Å². The van der Waals surface area contributed by atoms with Gasteiger partial charge in [0.25, 0.3) is 5.89 Å². The van der Waals surface area contributed by atoms with Crippen molar-refractivity contribution in [2.24, 2.45) is 5.92 Å². The monoisotopic (exact) mass is 373 g/mol. The number of benzene rings is 2. The first-order valence-electron chi connectivity index (χ1n) is 8.33. The third-order valence-corrected chi connectivity index (χ3v) is 4.46. The fourth-order valence-electron chi connectivity index (χ4n) is 3.03. The summed E-state index contributed by atoms with van der Waals surface area (Å²) in [6.45, 7) is 0.000618. The van der Waals surface area contributed by atoms with Gasteiger partial charge in [0, 0.05) is 23.0 Å². The van der Waals surface area contributed by atoms with Gasteiger partial charge in [-0.3, -0.25) is 4.79 Å². The van der Waals surface area contributed by atoms with Gasteiger partial charge in [-0.25, -0.2) is 13.2 Å². The van der Waals surface area contributed by atoms with E-state index in [0.29, 0.717) is 12.0 Å². The van der Waals surface area contributed by atoms with Gasteiger partial charge in [-0.15, -0.1) is 0 Å². The fraction of sp³-hybridized carbons (Fsp3) is 0.211. The highest BCUT2D eigenvalue weighted by Crippen LogP contribution is 2.49. The molecule has 0 radical (unpaired) electrons. The maximum Gasteiger partial charge on any atom is 0.258 e. The molecule has 2 aromatic carbocycles. The molecule has 1 saturated carbocycles. The molecule has 138 valence electrons. The molecule has 0 spiro atoms. The van der Waals surface area contributed by atoms with Gasteiger partial charge in [0.1, 0.15) is 17.5 Å². The molecule has 5 nitrogen and oxygen atoms in total. The van der Waals surface area contributed by atoms with Gasteiger partial charge in [-0.2, -0.15) is 4.98 Å². The van der Waals surface area contributed by atoms with E-state index in [1.165, 1.54) is 36.4 Å². The highest BCUT2D eigenvalue weighted by molar-refractivity contribution is 5.82. The first-order valence-corrected chi connectivity index (χ1v) is 8.33. The summed E-state index contributed by atoms with van der Waals surface area (Å²) in [7, 11) is 0. The minimum Gasteiger partial charge on any atom is -0.348 e. The fourth-order valence-corrected chi connectivity index (χ4v) is 3.03. The van der Waals surface area contributed by atoms with Crippen LogP contribution in [0.15, 0.2) is 47.0 Å². The van der Waals surface area contributed by atoms with Crippen molar-refractivity contribution in [3.05, 3.63) is 71.3 Å². The van der Waals surface area contributed by atoms with Crippen LogP contribution in [0.3, 0.4) is 0 Å². The summed E-state index contributed by atoms with van der Waals surface area (Å²) in [5.74, 6) is -2.67. The molecule has 8 heteroatoms. The van der Waals surface area contributed by atoms with Crippen molar-refractivity contribution in [2.45, 2.75) is 18.9 Å². The SMILES string of the molecule is O=C(NCc1noc(-c2cccc(F)c2)n1)C1CC1c1c(F)cccc1F. The number of nitrogens with one attached hydrogen (secondary N) is 1. The number of hydrogen-bond acceptors (Lipinski definition) is 4. The van der Waals surface area contributed by atoms with Crippen molar-refractivity contribution in [2.75, 3.05) is 0 Å². The summed E-state index contributed by atoms with van der Waals surface area (Å²) in [5.41, 5.74) is 0.378. The highest BCUT2D eigenvalue weighted by Gasteiger charge is 2.46. The number of aromatic nitrogens is 2. The van der Waals surface area contributed by atoms with E-state index in [-0.39, 0.29) is 29.7 Å². The van der Waals surface area contributed by atoms with Crippen molar-refractivity contribution >= 4 is 5.91 Å². The lowest BCUT2D eigenvalue weighted by atomic mass is 10.1. The topological polar surface area (TPSA) is 68.0 Å². The van der Waals surface area contributed by atoms with E-state index in [2.05, 4.69) is 15.5 Å². The molecule has 1 aliphatic rings. The van der Waals surface area contributed by atoms with Gasteiger partial charge in [-0.1, -0.05) is 17.3 Å². The predicted octanol–water partition coefficient (Wildman–Crippen LogP) is 3.57. The molecule has 0 aliphatic heterocycles. The average Bonchev–Trinajstić information content (AvgIpc) is 3.27. The molecule has 4 rings (SSSR count). The second kappa shape index (κ2) is 6.86. The van der Waals surface area contributed by atoms with E-state index in [4.69, 9.17) is 4.52 Å². The lowest BCUT2D eigenvalue weighted by molar-refractivity contribution is -0.122. The molecule has 2 unspecified atom stereocenters. The quantitative estimate of drug-likeness (QED) is 0.742. The number of hydrogen-bond donors (Lipinski definition) is 1. The Bertz CT molecular complexity index is 985. The Morgan fingerprint density at radius 3 is 2.63 bits per heavy atom. The molecule has 2 atom stereocenters. The second-order valence-electron chi connectivity index (χ2n) is 6.33. The van der Waals surface area contributed by atoms with Crippen LogP contribution in [0, 0.1) is 23.4 Å².